The molecule has 4 aliphatic rings. The first-order valence-electron chi connectivity index (χ1n) is 18.6. The van der Waals surface area contributed by atoms with Gasteiger partial charge in [-0.15, -0.1) is 12.6 Å². The molecule has 0 spiro atoms. The number of hydrogen-bond donors (Lipinski definition) is 3. The Balaban J connectivity index is 0.924. The van der Waals surface area contributed by atoms with Crippen LogP contribution in [0.5, 0.6) is 0 Å². The number of rotatable bonds is 10. The molecular formula is C39H50ClN7O5S. The van der Waals surface area contributed by atoms with Crippen LogP contribution in [-0.4, -0.2) is 106 Å². The summed E-state index contributed by atoms with van der Waals surface area (Å²) in [6, 6.07) is 15.0. The highest BCUT2D eigenvalue weighted by molar-refractivity contribution is 7.81. The van der Waals surface area contributed by atoms with Gasteiger partial charge in [-0.1, -0.05) is 23.7 Å². The minimum Gasteiger partial charge on any atom is -0.377 e. The molecule has 1 aliphatic carbocycles. The molecule has 0 bridgehead atoms. The Kier molecular flexibility index (Phi) is 12.2. The molecule has 284 valence electrons. The van der Waals surface area contributed by atoms with Crippen molar-refractivity contribution in [2.45, 2.75) is 107 Å². The summed E-state index contributed by atoms with van der Waals surface area (Å²) in [6.07, 6.45) is 4.60. The fourth-order valence-electron chi connectivity index (χ4n) is 8.54. The van der Waals surface area contributed by atoms with Crippen LogP contribution in [0.15, 0.2) is 42.5 Å². The molecule has 2 unspecified atom stereocenters. The molecular weight excluding hydrogens is 714 g/mol. The number of carbonyl (C=O) groups excluding carboxylic acids is 4. The van der Waals surface area contributed by atoms with Crippen molar-refractivity contribution < 1.29 is 23.9 Å². The predicted molar refractivity (Wildman–Crippen MR) is 207 cm³/mol. The Labute approximate surface area is 322 Å². The lowest BCUT2D eigenvalue weighted by Crippen LogP contribution is -2.58. The van der Waals surface area contributed by atoms with Crippen LogP contribution in [0.1, 0.15) is 83.3 Å². The van der Waals surface area contributed by atoms with E-state index in [9.17, 15) is 24.4 Å². The van der Waals surface area contributed by atoms with E-state index in [-0.39, 0.29) is 60.3 Å². The van der Waals surface area contributed by atoms with E-state index >= 15 is 0 Å². The summed E-state index contributed by atoms with van der Waals surface area (Å²) >= 11 is 11.2. The van der Waals surface area contributed by atoms with Crippen molar-refractivity contribution in [3.05, 3.63) is 58.6 Å². The van der Waals surface area contributed by atoms with E-state index in [4.69, 9.17) is 29.0 Å². The van der Waals surface area contributed by atoms with Crippen LogP contribution in [0, 0.1) is 11.3 Å². The summed E-state index contributed by atoms with van der Waals surface area (Å²) in [6.45, 7) is 11.6. The quantitative estimate of drug-likeness (QED) is 0.232. The molecule has 4 atom stereocenters. The molecule has 3 aliphatic heterocycles. The van der Waals surface area contributed by atoms with Gasteiger partial charge in [0.1, 0.15) is 11.6 Å². The molecule has 6 rings (SSSR count). The fraction of sp³-hybridized carbons (Fsp3) is 0.564. The van der Waals surface area contributed by atoms with E-state index in [2.05, 4.69) is 45.3 Å². The number of ether oxygens (including phenoxy) is 1. The standard InChI is InChI=1S/C39H50ClN7O5S/c1-24-21-44(22-25(2)45(24)23-35(49)42-28-8-5-26(6-9-28)32-15-16-34(48)43-36(32)50)17-18-52-31-13-11-29(12-14-31)47-38(53)46(37(51)39(47,3)4)30-10-7-27(20-41)33(40)19-30/h5-10,19,24-25,29,31-32,38,53H,11-18,21-23H2,1-4H3,(H,42,49)(H,43,48,50)/t24-,25+,29?,31?,32?,38?. The third-order valence-electron chi connectivity index (χ3n) is 11.4. The summed E-state index contributed by atoms with van der Waals surface area (Å²) in [5.41, 5.74) is 1.32. The average molecular weight is 764 g/mol. The molecule has 0 radical (unpaired) electrons. The Hall–Kier alpha value is -3.51. The molecule has 14 heteroatoms. The first-order valence-corrected chi connectivity index (χ1v) is 19.5. The highest BCUT2D eigenvalue weighted by atomic mass is 35.5. The fourth-order valence-corrected chi connectivity index (χ4v) is 9.47. The van der Waals surface area contributed by atoms with Crippen molar-refractivity contribution in [3.63, 3.8) is 0 Å². The molecule has 4 fully saturated rings. The van der Waals surface area contributed by atoms with Crippen molar-refractivity contribution >= 4 is 59.2 Å². The number of piperazine rings is 1. The van der Waals surface area contributed by atoms with Crippen molar-refractivity contribution in [1.82, 2.24) is 20.0 Å². The van der Waals surface area contributed by atoms with E-state index in [0.717, 1.165) is 50.9 Å². The molecule has 3 heterocycles. The number of halogens is 1. The maximum absolute atomic E-state index is 13.6. The second-order valence-corrected chi connectivity index (χ2v) is 16.2. The highest BCUT2D eigenvalue weighted by Crippen LogP contribution is 2.42. The second-order valence-electron chi connectivity index (χ2n) is 15.4. The number of hydrogen-bond acceptors (Lipinski definition) is 10. The maximum Gasteiger partial charge on any atom is 0.249 e. The molecule has 1 saturated carbocycles. The topological polar surface area (TPSA) is 138 Å². The number of piperidine rings is 1. The molecule has 2 aromatic carbocycles. The number of nitrogens with zero attached hydrogens (tertiary/aromatic N) is 5. The smallest absolute Gasteiger partial charge is 0.249 e. The number of anilines is 2. The molecule has 0 aromatic heterocycles. The van der Waals surface area contributed by atoms with Gasteiger partial charge in [-0.2, -0.15) is 5.26 Å². The Morgan fingerprint density at radius 2 is 1.72 bits per heavy atom. The van der Waals surface area contributed by atoms with E-state index in [1.54, 1.807) is 23.1 Å². The summed E-state index contributed by atoms with van der Waals surface area (Å²) < 4.78 is 6.40. The molecule has 2 N–H and O–H groups in total. The van der Waals surface area contributed by atoms with Crippen LogP contribution in [0.4, 0.5) is 11.4 Å². The number of nitriles is 1. The van der Waals surface area contributed by atoms with Gasteiger partial charge < -0.3 is 10.1 Å². The Morgan fingerprint density at radius 1 is 1.04 bits per heavy atom. The molecule has 4 amide bonds. The van der Waals surface area contributed by atoms with Crippen LogP contribution >= 0.6 is 24.2 Å². The van der Waals surface area contributed by atoms with Crippen LogP contribution in [0.25, 0.3) is 0 Å². The van der Waals surface area contributed by atoms with Gasteiger partial charge in [0.2, 0.25) is 23.6 Å². The van der Waals surface area contributed by atoms with Crippen molar-refractivity contribution in [1.29, 1.82) is 5.26 Å². The molecule has 53 heavy (non-hydrogen) atoms. The third kappa shape index (κ3) is 8.58. The van der Waals surface area contributed by atoms with Gasteiger partial charge in [0.15, 0.2) is 0 Å². The summed E-state index contributed by atoms with van der Waals surface area (Å²) in [5.74, 6) is -0.987. The summed E-state index contributed by atoms with van der Waals surface area (Å²) in [7, 11) is 0. The van der Waals surface area contributed by atoms with Crippen LogP contribution in [-0.2, 0) is 23.9 Å². The molecule has 3 saturated heterocycles. The minimum atomic E-state index is -0.744. The van der Waals surface area contributed by atoms with E-state index in [0.29, 0.717) is 41.4 Å². The van der Waals surface area contributed by atoms with Crippen molar-refractivity contribution in [3.8, 4) is 6.07 Å². The normalized spacial score (nSPS) is 28.5. The first kappa shape index (κ1) is 39.2. The monoisotopic (exact) mass is 763 g/mol. The average Bonchev–Trinajstić information content (AvgIpc) is 3.29. The zero-order chi connectivity index (χ0) is 38.0. The van der Waals surface area contributed by atoms with Crippen LogP contribution in [0.3, 0.4) is 0 Å². The Bertz CT molecular complexity index is 1730. The van der Waals surface area contributed by atoms with Gasteiger partial charge in [0.25, 0.3) is 0 Å². The van der Waals surface area contributed by atoms with Crippen molar-refractivity contribution in [2.75, 3.05) is 43.0 Å². The molecule has 2 aromatic rings. The van der Waals surface area contributed by atoms with E-state index in [1.165, 1.54) is 0 Å². The lowest BCUT2D eigenvalue weighted by atomic mass is 9.89. The minimum absolute atomic E-state index is 0.0424. The van der Waals surface area contributed by atoms with Crippen LogP contribution in [0.2, 0.25) is 5.02 Å². The van der Waals surface area contributed by atoms with E-state index < -0.39 is 11.0 Å². The van der Waals surface area contributed by atoms with Crippen LogP contribution < -0.4 is 15.5 Å². The number of benzene rings is 2. The largest absolute Gasteiger partial charge is 0.377 e. The van der Waals surface area contributed by atoms with Gasteiger partial charge in [0.05, 0.1) is 41.3 Å². The van der Waals surface area contributed by atoms with Crippen molar-refractivity contribution in [2.24, 2.45) is 0 Å². The summed E-state index contributed by atoms with van der Waals surface area (Å²) in [4.78, 5) is 58.9. The third-order valence-corrected chi connectivity index (χ3v) is 12.1. The van der Waals surface area contributed by atoms with Gasteiger partial charge in [-0.05, 0) is 95.7 Å². The number of nitrogens with one attached hydrogen (secondary N) is 2. The lowest BCUT2D eigenvalue weighted by molar-refractivity contribution is -0.134. The predicted octanol–water partition coefficient (Wildman–Crippen LogP) is 4.73. The maximum atomic E-state index is 13.6. The van der Waals surface area contributed by atoms with Gasteiger partial charge in [0, 0.05) is 55.6 Å². The number of carbonyl (C=O) groups is 4. The Morgan fingerprint density at radius 3 is 2.34 bits per heavy atom. The highest BCUT2D eigenvalue weighted by Gasteiger charge is 2.54. The number of imide groups is 1. The van der Waals surface area contributed by atoms with Gasteiger partial charge in [-0.3, -0.25) is 44.1 Å². The zero-order valence-corrected chi connectivity index (χ0v) is 32.5. The first-order chi connectivity index (χ1) is 25.3. The number of amides is 4. The van der Waals surface area contributed by atoms with Gasteiger partial charge >= 0.3 is 0 Å². The molecule has 12 nitrogen and oxygen atoms in total. The summed E-state index contributed by atoms with van der Waals surface area (Å²) in [5, 5.41) is 15.0. The zero-order valence-electron chi connectivity index (χ0n) is 30.9. The van der Waals surface area contributed by atoms with E-state index in [1.807, 2.05) is 38.1 Å². The second kappa shape index (κ2) is 16.5. The lowest BCUT2D eigenvalue weighted by Gasteiger charge is -2.44. The van der Waals surface area contributed by atoms with Gasteiger partial charge in [-0.25, -0.2) is 0 Å². The SMILES string of the molecule is C[C@@H]1CN(CCOC2CCC(N3C(S)N(c4ccc(C#N)c(Cl)c4)C(=O)C3(C)C)CC2)C[C@H](C)N1CC(=O)Nc1ccc(C2CCC(=O)NC2=O)cc1. The number of thiol groups is 1.